The van der Waals surface area contributed by atoms with E-state index < -0.39 is 17.3 Å². The molecule has 36 heavy (non-hydrogen) atoms. The van der Waals surface area contributed by atoms with Crippen molar-refractivity contribution in [3.8, 4) is 17.2 Å². The Morgan fingerprint density at radius 1 is 1.19 bits per heavy atom. The number of nitrogens with one attached hydrogen (secondary N) is 1. The molecule has 4 rings (SSSR count). The number of nitrogens with zero attached hydrogens (tertiary/aromatic N) is 2. The van der Waals surface area contributed by atoms with Crippen LogP contribution in [0.4, 0.5) is 4.39 Å². The molecule has 0 unspecified atom stereocenters. The number of hydrogen-bond acceptors (Lipinski definition) is 6. The number of hydrogen-bond donors (Lipinski definition) is 3. The Bertz CT molecular complexity index is 1200. The third-order valence-corrected chi connectivity index (χ3v) is 5.91. The van der Waals surface area contributed by atoms with E-state index in [0.29, 0.717) is 32.5 Å². The number of halogens is 1. The molecule has 2 aliphatic rings. The van der Waals surface area contributed by atoms with Crippen molar-refractivity contribution < 1.29 is 28.6 Å². The van der Waals surface area contributed by atoms with Gasteiger partial charge in [-0.25, -0.2) is 4.39 Å². The van der Waals surface area contributed by atoms with Gasteiger partial charge in [-0.1, -0.05) is 0 Å². The minimum absolute atomic E-state index is 0.00253. The zero-order valence-electron chi connectivity index (χ0n) is 20.0. The molecule has 1 saturated carbocycles. The summed E-state index contributed by atoms with van der Waals surface area (Å²) in [6.07, 6.45) is 5.31. The van der Waals surface area contributed by atoms with Crippen LogP contribution in [0.5, 0.6) is 17.2 Å². The second kappa shape index (κ2) is 10.8. The summed E-state index contributed by atoms with van der Waals surface area (Å²) in [6.45, 7) is 3.75. The summed E-state index contributed by atoms with van der Waals surface area (Å²) in [5.74, 6) is -1.32. The van der Waals surface area contributed by atoms with E-state index in [-0.39, 0.29) is 46.7 Å². The van der Waals surface area contributed by atoms with Crippen molar-refractivity contribution in [2.24, 2.45) is 10.7 Å². The Kier molecular flexibility index (Phi) is 7.54. The molecule has 0 bridgehead atoms. The topological polar surface area (TPSA) is 126 Å². The highest BCUT2D eigenvalue weighted by atomic mass is 19.1. The molecule has 1 aliphatic carbocycles. The van der Waals surface area contributed by atoms with E-state index >= 15 is 0 Å². The quantitative estimate of drug-likeness (QED) is 0.341. The van der Waals surface area contributed by atoms with Crippen LogP contribution >= 0.6 is 0 Å². The van der Waals surface area contributed by atoms with Crippen LogP contribution in [-0.4, -0.2) is 59.5 Å². The highest BCUT2D eigenvalue weighted by Crippen LogP contribution is 2.41. The molecule has 0 atom stereocenters. The lowest BCUT2D eigenvalue weighted by Crippen LogP contribution is -2.42. The summed E-state index contributed by atoms with van der Waals surface area (Å²) in [5.41, 5.74) is 5.45. The summed E-state index contributed by atoms with van der Waals surface area (Å²) in [5, 5.41) is 12.6. The van der Waals surface area contributed by atoms with E-state index in [1.54, 1.807) is 11.1 Å². The first kappa shape index (κ1) is 25.2. The molecule has 2 aromatic rings. The molecular weight excluding hydrogens is 467 g/mol. The molecule has 1 saturated heterocycles. The first-order chi connectivity index (χ1) is 17.3. The van der Waals surface area contributed by atoms with Crippen molar-refractivity contribution in [3.05, 3.63) is 65.6 Å². The monoisotopic (exact) mass is 496 g/mol. The molecule has 0 radical (unpaired) electrons. The number of aliphatic hydroxyl groups is 1. The number of rotatable bonds is 10. The van der Waals surface area contributed by atoms with Gasteiger partial charge < -0.3 is 30.5 Å². The molecule has 2 fully saturated rings. The predicted octanol–water partition coefficient (Wildman–Crippen LogP) is 2.99. The number of carbonyl (C=O) groups excluding carboxylic acids is 2. The fraction of sp³-hybridized carbons (Fsp3) is 0.346. The molecule has 1 aliphatic heterocycles. The Labute approximate surface area is 208 Å². The summed E-state index contributed by atoms with van der Waals surface area (Å²) in [7, 11) is 0. The van der Waals surface area contributed by atoms with E-state index in [0.717, 1.165) is 12.5 Å². The van der Waals surface area contributed by atoms with Gasteiger partial charge >= 0.3 is 0 Å². The lowest BCUT2D eigenvalue weighted by molar-refractivity contribution is 0.0651. The van der Waals surface area contributed by atoms with Gasteiger partial charge in [-0.05, 0) is 62.6 Å². The van der Waals surface area contributed by atoms with Gasteiger partial charge in [-0.15, -0.1) is 0 Å². The number of amides is 2. The predicted molar refractivity (Wildman–Crippen MR) is 132 cm³/mol. The maximum Gasteiger partial charge on any atom is 0.279 e. The summed E-state index contributed by atoms with van der Waals surface area (Å²) in [6, 6.07) is 8.38. The maximum absolute atomic E-state index is 14.8. The van der Waals surface area contributed by atoms with E-state index in [4.69, 9.17) is 15.2 Å². The first-order valence-electron chi connectivity index (χ1n) is 11.8. The van der Waals surface area contributed by atoms with Crippen LogP contribution in [0, 0.1) is 5.82 Å². The van der Waals surface area contributed by atoms with Gasteiger partial charge in [0.25, 0.3) is 11.8 Å². The van der Waals surface area contributed by atoms with Crippen LogP contribution in [0.15, 0.2) is 53.7 Å². The maximum atomic E-state index is 14.8. The minimum Gasteiger partial charge on any atom is -0.485 e. The van der Waals surface area contributed by atoms with Crippen LogP contribution in [-0.2, 0) is 0 Å². The van der Waals surface area contributed by atoms with Crippen molar-refractivity contribution in [1.29, 1.82) is 0 Å². The van der Waals surface area contributed by atoms with Crippen molar-refractivity contribution in [2.75, 3.05) is 26.2 Å². The van der Waals surface area contributed by atoms with Gasteiger partial charge in [0, 0.05) is 43.0 Å². The van der Waals surface area contributed by atoms with E-state index in [2.05, 4.69) is 10.3 Å². The second-order valence-electron chi connectivity index (χ2n) is 8.76. The van der Waals surface area contributed by atoms with Crippen LogP contribution in [0.25, 0.3) is 0 Å². The number of ether oxygens (including phenoxy) is 2. The van der Waals surface area contributed by atoms with Crippen molar-refractivity contribution in [1.82, 2.24) is 10.2 Å². The SMILES string of the molecule is CCN/C=C\C(N)=NC(=O)c1cc(Oc2ccc(C(=O)N3CCC3)cc2F)cc(OC2(CO)CC2)c1. The third-order valence-electron chi connectivity index (χ3n) is 5.91. The lowest BCUT2D eigenvalue weighted by atomic mass is 10.1. The summed E-state index contributed by atoms with van der Waals surface area (Å²) < 4.78 is 26.5. The van der Waals surface area contributed by atoms with Crippen molar-refractivity contribution in [2.45, 2.75) is 31.8 Å². The Morgan fingerprint density at radius 3 is 2.56 bits per heavy atom. The number of aliphatic hydroxyl groups excluding tert-OH is 1. The van der Waals surface area contributed by atoms with E-state index in [1.807, 2.05) is 6.92 Å². The molecule has 10 heteroatoms. The molecule has 1 heterocycles. The number of likely N-dealkylation sites (tertiary alicyclic amines) is 1. The molecule has 2 amide bonds. The van der Waals surface area contributed by atoms with Gasteiger partial charge in [0.05, 0.1) is 6.61 Å². The number of amidine groups is 1. The van der Waals surface area contributed by atoms with Crippen LogP contribution in [0.3, 0.4) is 0 Å². The Morgan fingerprint density at radius 2 is 1.94 bits per heavy atom. The van der Waals surface area contributed by atoms with Crippen LogP contribution in [0.2, 0.25) is 0 Å². The zero-order valence-corrected chi connectivity index (χ0v) is 20.0. The molecular formula is C26H29FN4O5. The second-order valence-corrected chi connectivity index (χ2v) is 8.76. The average Bonchev–Trinajstić information content (AvgIpc) is 3.59. The minimum atomic E-state index is -0.717. The van der Waals surface area contributed by atoms with Crippen LogP contribution < -0.4 is 20.5 Å². The summed E-state index contributed by atoms with van der Waals surface area (Å²) >= 11 is 0. The molecule has 0 aromatic heterocycles. The normalized spacial score (nSPS) is 16.4. The highest BCUT2D eigenvalue weighted by molar-refractivity contribution is 6.06. The fourth-order valence-electron chi connectivity index (χ4n) is 3.52. The molecule has 4 N–H and O–H groups in total. The zero-order chi connectivity index (χ0) is 25.7. The standard InChI is InChI=1S/C26H29FN4O5/c1-2-29-9-6-23(28)30-24(33)18-12-19(15-20(13-18)36-26(16-32)7-8-26)35-22-5-4-17(14-21(22)27)25(34)31-10-3-11-31/h4-6,9,12-15,29,32H,2-3,7-8,10-11,16H2,1H3,(H2,28,30,33)/b9-6-. The summed E-state index contributed by atoms with van der Waals surface area (Å²) in [4.78, 5) is 30.7. The van der Waals surface area contributed by atoms with Crippen molar-refractivity contribution in [3.63, 3.8) is 0 Å². The van der Waals surface area contributed by atoms with E-state index in [9.17, 15) is 19.1 Å². The molecule has 190 valence electrons. The number of aliphatic imine (C=N–C) groups is 1. The molecule has 0 spiro atoms. The largest absolute Gasteiger partial charge is 0.485 e. The number of nitrogens with two attached hydrogens (primary N) is 1. The van der Waals surface area contributed by atoms with Gasteiger partial charge in [0.15, 0.2) is 11.6 Å². The van der Waals surface area contributed by atoms with Gasteiger partial charge in [0.1, 0.15) is 22.9 Å². The Hall–Kier alpha value is -3.92. The third kappa shape index (κ3) is 6.01. The molecule has 9 nitrogen and oxygen atoms in total. The van der Waals surface area contributed by atoms with Crippen LogP contribution in [0.1, 0.15) is 46.9 Å². The van der Waals surface area contributed by atoms with Gasteiger partial charge in [-0.2, -0.15) is 4.99 Å². The average molecular weight is 497 g/mol. The highest BCUT2D eigenvalue weighted by Gasteiger charge is 2.45. The number of benzene rings is 2. The fourth-order valence-corrected chi connectivity index (χ4v) is 3.52. The number of carbonyl (C=O) groups is 2. The molecule has 2 aromatic carbocycles. The van der Waals surface area contributed by atoms with Gasteiger partial charge in [-0.3, -0.25) is 9.59 Å². The lowest BCUT2D eigenvalue weighted by Gasteiger charge is -2.30. The van der Waals surface area contributed by atoms with E-state index in [1.165, 1.54) is 36.4 Å². The Balaban J connectivity index is 1.59. The van der Waals surface area contributed by atoms with Gasteiger partial charge in [0.2, 0.25) is 0 Å². The first-order valence-corrected chi connectivity index (χ1v) is 11.8. The smallest absolute Gasteiger partial charge is 0.279 e. The van der Waals surface area contributed by atoms with Crippen molar-refractivity contribution >= 4 is 17.6 Å².